The average molecular weight is 203 g/mol. The second-order valence-electron chi connectivity index (χ2n) is 3.64. The highest BCUT2D eigenvalue weighted by molar-refractivity contribution is 5.97. The molecule has 15 heavy (non-hydrogen) atoms. The maximum atomic E-state index is 11.8. The van der Waals surface area contributed by atoms with Crippen LogP contribution in [0.15, 0.2) is 30.5 Å². The van der Waals surface area contributed by atoms with Crippen molar-refractivity contribution in [2.45, 2.75) is 0 Å². The van der Waals surface area contributed by atoms with Gasteiger partial charge in [-0.3, -0.25) is 4.57 Å². The molecule has 1 heterocycles. The molecule has 0 unspecified atom stereocenters. The molecular weight excluding hydrogens is 190 g/mol. The van der Waals surface area contributed by atoms with Crippen molar-refractivity contribution in [3.8, 4) is 0 Å². The average Bonchev–Trinajstić information content (AvgIpc) is 2.61. The van der Waals surface area contributed by atoms with Crippen LogP contribution in [0.4, 0.5) is 10.5 Å². The zero-order chi connectivity index (χ0) is 11.0. The Morgan fingerprint density at radius 1 is 1.33 bits per heavy atom. The number of nitrogens with zero attached hydrogens (tertiary/aromatic N) is 2. The summed E-state index contributed by atoms with van der Waals surface area (Å²) in [5, 5.41) is 0.910. The maximum absolute atomic E-state index is 11.8. The quantitative estimate of drug-likeness (QED) is 0.663. The number of hydrogen-bond acceptors (Lipinski definition) is 2. The summed E-state index contributed by atoms with van der Waals surface area (Å²) in [6.07, 6.45) is 1.74. The molecule has 0 radical (unpaired) electrons. The van der Waals surface area contributed by atoms with Gasteiger partial charge < -0.3 is 10.6 Å². The third-order valence-corrected chi connectivity index (χ3v) is 2.36. The van der Waals surface area contributed by atoms with Gasteiger partial charge in [0.2, 0.25) is 0 Å². The highest BCUT2D eigenvalue weighted by atomic mass is 16.2. The number of carbonyl (C=O) groups is 1. The number of fused-ring (bicyclic) bond motifs is 1. The Bertz CT molecular complexity index is 514. The summed E-state index contributed by atoms with van der Waals surface area (Å²) in [5.74, 6) is 0. The molecule has 2 aromatic rings. The van der Waals surface area contributed by atoms with Crippen LogP contribution in [0.3, 0.4) is 0 Å². The number of nitrogen functional groups attached to an aromatic ring is 1. The minimum atomic E-state index is -0.0735. The first kappa shape index (κ1) is 9.58. The van der Waals surface area contributed by atoms with Crippen LogP contribution in [0.2, 0.25) is 0 Å². The molecule has 0 aliphatic rings. The number of amides is 1. The monoisotopic (exact) mass is 203 g/mol. The lowest BCUT2D eigenvalue weighted by atomic mass is 10.2. The molecule has 1 aromatic heterocycles. The minimum Gasteiger partial charge on any atom is -0.398 e. The van der Waals surface area contributed by atoms with Crippen molar-refractivity contribution in [3.63, 3.8) is 0 Å². The maximum Gasteiger partial charge on any atom is 0.328 e. The zero-order valence-corrected chi connectivity index (χ0v) is 8.77. The van der Waals surface area contributed by atoms with Crippen LogP contribution >= 0.6 is 0 Å². The molecule has 0 spiro atoms. The zero-order valence-electron chi connectivity index (χ0n) is 8.77. The highest BCUT2D eigenvalue weighted by Gasteiger charge is 2.10. The van der Waals surface area contributed by atoms with E-state index in [4.69, 9.17) is 5.73 Å². The topological polar surface area (TPSA) is 51.3 Å². The van der Waals surface area contributed by atoms with E-state index in [2.05, 4.69) is 0 Å². The molecule has 4 heteroatoms. The van der Waals surface area contributed by atoms with E-state index in [1.807, 2.05) is 24.3 Å². The first-order chi connectivity index (χ1) is 7.11. The van der Waals surface area contributed by atoms with Crippen LogP contribution in [-0.2, 0) is 0 Å². The number of hydrogen-bond donors (Lipinski definition) is 1. The number of carbonyl (C=O) groups excluding carboxylic acids is 1. The summed E-state index contributed by atoms with van der Waals surface area (Å²) in [6.45, 7) is 0. The predicted octanol–water partition coefficient (Wildman–Crippen LogP) is 1.75. The Balaban J connectivity index is 2.64. The molecule has 0 aliphatic carbocycles. The summed E-state index contributed by atoms with van der Waals surface area (Å²) < 4.78 is 1.59. The van der Waals surface area contributed by atoms with Crippen molar-refractivity contribution < 1.29 is 4.79 Å². The van der Waals surface area contributed by atoms with Crippen LogP contribution in [0.1, 0.15) is 0 Å². The summed E-state index contributed by atoms with van der Waals surface area (Å²) in [4.78, 5) is 13.3. The molecular formula is C11H13N3O. The van der Waals surface area contributed by atoms with Crippen molar-refractivity contribution >= 4 is 22.6 Å². The van der Waals surface area contributed by atoms with Crippen LogP contribution in [0, 0.1) is 0 Å². The van der Waals surface area contributed by atoms with E-state index < -0.39 is 0 Å². The molecule has 0 bridgehead atoms. The Kier molecular flexibility index (Phi) is 2.11. The molecule has 78 valence electrons. The van der Waals surface area contributed by atoms with E-state index >= 15 is 0 Å². The normalized spacial score (nSPS) is 10.5. The van der Waals surface area contributed by atoms with Crippen molar-refractivity contribution in [1.29, 1.82) is 0 Å². The van der Waals surface area contributed by atoms with Gasteiger partial charge in [-0.05, 0) is 18.2 Å². The molecule has 2 rings (SSSR count). The van der Waals surface area contributed by atoms with Crippen molar-refractivity contribution in [2.75, 3.05) is 19.8 Å². The van der Waals surface area contributed by atoms with Crippen LogP contribution in [-0.4, -0.2) is 29.6 Å². The standard InChI is InChI=1S/C11H13N3O/c1-13(2)11(15)14-7-6-8-9(12)4-3-5-10(8)14/h3-7H,12H2,1-2H3. The lowest BCUT2D eigenvalue weighted by Gasteiger charge is -2.11. The highest BCUT2D eigenvalue weighted by Crippen LogP contribution is 2.21. The van der Waals surface area contributed by atoms with Gasteiger partial charge >= 0.3 is 6.03 Å². The van der Waals surface area contributed by atoms with Crippen LogP contribution in [0.5, 0.6) is 0 Å². The lowest BCUT2D eigenvalue weighted by molar-refractivity contribution is 0.220. The van der Waals surface area contributed by atoms with Crippen LogP contribution in [0.25, 0.3) is 10.9 Å². The summed E-state index contributed by atoms with van der Waals surface area (Å²) in [6, 6.07) is 7.33. The fourth-order valence-electron chi connectivity index (χ4n) is 1.57. The van der Waals surface area contributed by atoms with Gasteiger partial charge in [0.1, 0.15) is 0 Å². The van der Waals surface area contributed by atoms with E-state index in [0.29, 0.717) is 5.69 Å². The number of benzene rings is 1. The number of aromatic nitrogens is 1. The van der Waals surface area contributed by atoms with Gasteiger partial charge in [0, 0.05) is 31.4 Å². The van der Waals surface area contributed by atoms with Gasteiger partial charge in [-0.1, -0.05) is 6.07 Å². The Morgan fingerprint density at radius 2 is 2.07 bits per heavy atom. The summed E-state index contributed by atoms with van der Waals surface area (Å²) in [5.41, 5.74) is 7.34. The van der Waals surface area contributed by atoms with Gasteiger partial charge in [0.25, 0.3) is 0 Å². The molecule has 0 saturated carbocycles. The molecule has 4 nitrogen and oxygen atoms in total. The summed E-state index contributed by atoms with van der Waals surface area (Å²) in [7, 11) is 3.45. The van der Waals surface area contributed by atoms with E-state index in [9.17, 15) is 4.79 Å². The smallest absolute Gasteiger partial charge is 0.328 e. The first-order valence-electron chi connectivity index (χ1n) is 4.68. The molecule has 0 aliphatic heterocycles. The van der Waals surface area contributed by atoms with Crippen molar-refractivity contribution in [2.24, 2.45) is 0 Å². The molecule has 1 amide bonds. The fraction of sp³-hybridized carbons (Fsp3) is 0.182. The second kappa shape index (κ2) is 3.31. The number of anilines is 1. The molecule has 1 aromatic carbocycles. The van der Waals surface area contributed by atoms with Gasteiger partial charge in [0.05, 0.1) is 5.52 Å². The van der Waals surface area contributed by atoms with Crippen molar-refractivity contribution in [1.82, 2.24) is 9.47 Å². The van der Waals surface area contributed by atoms with E-state index in [-0.39, 0.29) is 6.03 Å². The van der Waals surface area contributed by atoms with E-state index in [0.717, 1.165) is 10.9 Å². The summed E-state index contributed by atoms with van der Waals surface area (Å²) >= 11 is 0. The third kappa shape index (κ3) is 1.44. The van der Waals surface area contributed by atoms with Gasteiger partial charge in [0.15, 0.2) is 0 Å². The Hall–Kier alpha value is -1.97. The van der Waals surface area contributed by atoms with Gasteiger partial charge in [-0.2, -0.15) is 0 Å². The van der Waals surface area contributed by atoms with E-state index in [1.54, 1.807) is 24.9 Å². The predicted molar refractivity (Wildman–Crippen MR) is 60.8 cm³/mol. The van der Waals surface area contributed by atoms with Gasteiger partial charge in [-0.15, -0.1) is 0 Å². The number of nitrogens with two attached hydrogens (primary N) is 1. The molecule has 2 N–H and O–H groups in total. The second-order valence-corrected chi connectivity index (χ2v) is 3.64. The van der Waals surface area contributed by atoms with Crippen molar-refractivity contribution in [3.05, 3.63) is 30.5 Å². The lowest BCUT2D eigenvalue weighted by Crippen LogP contribution is -2.26. The SMILES string of the molecule is CN(C)C(=O)n1ccc2c(N)cccc21. The first-order valence-corrected chi connectivity index (χ1v) is 4.68. The van der Waals surface area contributed by atoms with Crippen LogP contribution < -0.4 is 5.73 Å². The molecule has 0 atom stereocenters. The molecule has 0 saturated heterocycles. The van der Waals surface area contributed by atoms with E-state index in [1.165, 1.54) is 4.90 Å². The third-order valence-electron chi connectivity index (χ3n) is 2.36. The van der Waals surface area contributed by atoms with Gasteiger partial charge in [-0.25, -0.2) is 4.79 Å². The fourth-order valence-corrected chi connectivity index (χ4v) is 1.57. The Labute approximate surface area is 87.9 Å². The minimum absolute atomic E-state index is 0.0735. The largest absolute Gasteiger partial charge is 0.398 e. The Morgan fingerprint density at radius 3 is 2.73 bits per heavy atom. The number of rotatable bonds is 0. The molecule has 0 fully saturated rings.